The fraction of sp³-hybridized carbons (Fsp3) is 0. The van der Waals surface area contributed by atoms with E-state index in [9.17, 15) is 8.42 Å². The lowest BCUT2D eigenvalue weighted by atomic mass is 13.2. The van der Waals surface area contributed by atoms with Crippen molar-refractivity contribution in [3.63, 3.8) is 0 Å². The lowest BCUT2D eigenvalue weighted by Crippen LogP contribution is -2.22. The van der Waals surface area contributed by atoms with Crippen molar-refractivity contribution < 1.29 is 23.4 Å². The molecule has 0 aliphatic heterocycles. The minimum Gasteiger partial charge on any atom is -0.274 e. The Balaban J connectivity index is 4.10. The van der Waals surface area contributed by atoms with E-state index in [0.29, 0.717) is 0 Å². The quantitative estimate of drug-likeness (QED) is 0.307. The lowest BCUT2D eigenvalue weighted by Gasteiger charge is -1.96. The molecular formula is H3NO5S. The van der Waals surface area contributed by atoms with Crippen molar-refractivity contribution in [2.75, 3.05) is 0 Å². The van der Waals surface area contributed by atoms with Gasteiger partial charge in [-0.2, -0.15) is 8.42 Å². The first kappa shape index (κ1) is 6.79. The molecule has 0 fully saturated rings. The molecule has 0 heterocycles. The van der Waals surface area contributed by atoms with Gasteiger partial charge in [-0.1, -0.05) is 0 Å². The van der Waals surface area contributed by atoms with Gasteiger partial charge in [0.25, 0.3) is 0 Å². The molecule has 6 nitrogen and oxygen atoms in total. The highest BCUT2D eigenvalue weighted by Gasteiger charge is 2.10. The largest absolute Gasteiger partial charge is 0.382 e. The molecule has 44 valence electrons. The van der Waals surface area contributed by atoms with Crippen LogP contribution in [-0.2, 0) is 10.3 Å². The standard InChI is InChI=1S/H3NO5S/c2-1(3)7(4,5)6/h2-3H,(H,4,5,6). The first-order chi connectivity index (χ1) is 2.94. The second kappa shape index (κ2) is 1.72. The Morgan fingerprint density at radius 3 is 1.43 bits per heavy atom. The second-order valence-electron chi connectivity index (χ2n) is 0.701. The van der Waals surface area contributed by atoms with Gasteiger partial charge in [-0.15, -0.1) is 0 Å². The topological polar surface area (TPSA) is 98.1 Å². The van der Waals surface area contributed by atoms with E-state index in [1.165, 1.54) is 0 Å². The summed E-state index contributed by atoms with van der Waals surface area (Å²) in [5.41, 5.74) is 0. The van der Waals surface area contributed by atoms with E-state index in [4.69, 9.17) is 15.0 Å². The molecule has 0 aliphatic carbocycles. The smallest absolute Gasteiger partial charge is 0.274 e. The maximum absolute atomic E-state index is 9.31. The molecule has 0 aromatic rings. The van der Waals surface area contributed by atoms with E-state index >= 15 is 0 Å². The van der Waals surface area contributed by atoms with Crippen LogP contribution in [0.3, 0.4) is 0 Å². The van der Waals surface area contributed by atoms with E-state index in [1.807, 2.05) is 0 Å². The zero-order valence-electron chi connectivity index (χ0n) is 3.01. The van der Waals surface area contributed by atoms with Gasteiger partial charge in [-0.25, -0.2) is 0 Å². The molecule has 0 rings (SSSR count). The van der Waals surface area contributed by atoms with Crippen LogP contribution in [0.25, 0.3) is 0 Å². The predicted molar refractivity (Wildman–Crippen MR) is 17.0 cm³/mol. The van der Waals surface area contributed by atoms with Gasteiger partial charge >= 0.3 is 10.3 Å². The maximum atomic E-state index is 9.31. The Morgan fingerprint density at radius 1 is 1.29 bits per heavy atom. The maximum Gasteiger partial charge on any atom is 0.382 e. The van der Waals surface area contributed by atoms with E-state index in [0.717, 1.165) is 0 Å². The summed E-state index contributed by atoms with van der Waals surface area (Å²) in [6.07, 6.45) is 0. The van der Waals surface area contributed by atoms with Crippen LogP contribution in [0.1, 0.15) is 0 Å². The Morgan fingerprint density at radius 2 is 1.43 bits per heavy atom. The van der Waals surface area contributed by atoms with Gasteiger partial charge in [-0.3, -0.25) is 15.0 Å². The zero-order chi connectivity index (χ0) is 6.08. The monoisotopic (exact) mass is 129 g/mol. The van der Waals surface area contributed by atoms with Gasteiger partial charge in [0.2, 0.25) is 0 Å². The van der Waals surface area contributed by atoms with Crippen LogP contribution >= 0.6 is 0 Å². The molecule has 7 heavy (non-hydrogen) atoms. The van der Waals surface area contributed by atoms with Crippen molar-refractivity contribution in [2.24, 2.45) is 0 Å². The van der Waals surface area contributed by atoms with Crippen LogP contribution in [0.5, 0.6) is 0 Å². The van der Waals surface area contributed by atoms with Gasteiger partial charge in [0, 0.05) is 0 Å². The molecule has 0 atom stereocenters. The van der Waals surface area contributed by atoms with Gasteiger partial charge < -0.3 is 0 Å². The molecule has 0 amide bonds. The highest BCUT2D eigenvalue weighted by molar-refractivity contribution is 7.83. The fourth-order valence-electron chi connectivity index (χ4n) is 0. The van der Waals surface area contributed by atoms with Crippen LogP contribution in [0, 0.1) is 0 Å². The minimum absolute atomic E-state index is 1.28. The summed E-state index contributed by atoms with van der Waals surface area (Å²) >= 11 is 0. The molecule has 0 saturated carbocycles. The first-order valence-corrected chi connectivity index (χ1v) is 2.50. The van der Waals surface area contributed by atoms with Crippen LogP contribution in [-0.4, -0.2) is 28.0 Å². The van der Waals surface area contributed by atoms with Crippen molar-refractivity contribution in [1.82, 2.24) is 4.63 Å². The van der Waals surface area contributed by atoms with Gasteiger partial charge in [0.15, 0.2) is 0 Å². The SMILES string of the molecule is O=S(=O)(O)N(O)O. The Bertz CT molecular complexity index is 130. The van der Waals surface area contributed by atoms with E-state index in [-0.39, 0.29) is 0 Å². The Labute approximate surface area is 39.4 Å². The summed E-state index contributed by atoms with van der Waals surface area (Å²) < 4.78 is 24.8. The number of hydrogen-bond acceptors (Lipinski definition) is 4. The Hall–Kier alpha value is -0.210. The summed E-state index contributed by atoms with van der Waals surface area (Å²) in [6.45, 7) is 0. The van der Waals surface area contributed by atoms with E-state index in [1.54, 1.807) is 0 Å². The molecule has 0 spiro atoms. The molecule has 0 aliphatic rings. The van der Waals surface area contributed by atoms with Crippen LogP contribution in [0.4, 0.5) is 0 Å². The van der Waals surface area contributed by atoms with Crippen molar-refractivity contribution >= 4 is 10.3 Å². The summed E-state index contributed by atoms with van der Waals surface area (Å²) in [4.78, 5) is 0. The third-order valence-corrected chi connectivity index (χ3v) is 0.619. The number of rotatable bonds is 1. The molecule has 0 aromatic heterocycles. The third kappa shape index (κ3) is 2.48. The molecular weight excluding hydrogens is 126 g/mol. The van der Waals surface area contributed by atoms with Gasteiger partial charge in [0.1, 0.15) is 0 Å². The summed E-state index contributed by atoms with van der Waals surface area (Å²) in [5.74, 6) is 0. The average molecular weight is 129 g/mol. The molecule has 0 saturated heterocycles. The molecule has 0 unspecified atom stereocenters. The molecule has 0 bridgehead atoms. The number of nitrogens with zero attached hydrogens (tertiary/aromatic N) is 1. The summed E-state index contributed by atoms with van der Waals surface area (Å²) in [5, 5.41) is 14.9. The molecule has 7 heteroatoms. The third-order valence-electron chi connectivity index (χ3n) is 0.206. The van der Waals surface area contributed by atoms with Crippen molar-refractivity contribution in [3.05, 3.63) is 0 Å². The van der Waals surface area contributed by atoms with Crippen molar-refractivity contribution in [2.45, 2.75) is 0 Å². The molecule has 0 aromatic carbocycles. The van der Waals surface area contributed by atoms with Crippen molar-refractivity contribution in [1.29, 1.82) is 0 Å². The van der Waals surface area contributed by atoms with Crippen LogP contribution in [0.15, 0.2) is 0 Å². The zero-order valence-corrected chi connectivity index (χ0v) is 3.83. The van der Waals surface area contributed by atoms with Gasteiger partial charge in [-0.05, 0) is 0 Å². The Kier molecular flexibility index (Phi) is 1.67. The second-order valence-corrected chi connectivity index (χ2v) is 1.92. The number of hydrogen-bond donors (Lipinski definition) is 3. The molecule has 0 radical (unpaired) electrons. The normalized spacial score (nSPS) is 12.6. The highest BCUT2D eigenvalue weighted by Crippen LogP contribution is 1.80. The first-order valence-electron chi connectivity index (χ1n) is 1.10. The minimum atomic E-state index is -4.80. The van der Waals surface area contributed by atoms with Crippen LogP contribution < -0.4 is 0 Å². The highest BCUT2D eigenvalue weighted by atomic mass is 32.2. The van der Waals surface area contributed by atoms with E-state index < -0.39 is 14.9 Å². The van der Waals surface area contributed by atoms with Crippen molar-refractivity contribution in [3.8, 4) is 0 Å². The lowest BCUT2D eigenvalue weighted by molar-refractivity contribution is -0.231. The van der Waals surface area contributed by atoms with Crippen LogP contribution in [0.2, 0.25) is 0 Å². The molecule has 3 N–H and O–H groups in total. The van der Waals surface area contributed by atoms with E-state index in [2.05, 4.69) is 0 Å². The average Bonchev–Trinajstić information content (AvgIpc) is 1.31. The predicted octanol–water partition coefficient (Wildman–Crippen LogP) is -1.13. The van der Waals surface area contributed by atoms with Gasteiger partial charge in [0.05, 0.1) is 4.63 Å². The summed E-state index contributed by atoms with van der Waals surface area (Å²) in [6, 6.07) is 0. The summed E-state index contributed by atoms with van der Waals surface area (Å²) in [7, 11) is -4.80. The fourth-order valence-corrected chi connectivity index (χ4v) is 0.